The molecule has 1 N–H and O–H groups in total. The first kappa shape index (κ1) is 11.3. The lowest BCUT2D eigenvalue weighted by Crippen LogP contribution is -2.31. The third kappa shape index (κ3) is 1.88. The predicted octanol–water partition coefficient (Wildman–Crippen LogP) is 1.42. The van der Waals surface area contributed by atoms with Crippen molar-refractivity contribution in [1.29, 1.82) is 0 Å². The maximum absolute atomic E-state index is 5.85. The Bertz CT molecular complexity index is 570. The number of ether oxygens (including phenoxy) is 1. The fourth-order valence-corrected chi connectivity index (χ4v) is 2.23. The largest absolute Gasteiger partial charge is 0.491 e. The zero-order valence-electron chi connectivity index (χ0n) is 9.85. The number of nitrogens with one attached hydrogen (secondary N) is 1. The second-order valence-corrected chi connectivity index (χ2v) is 4.37. The van der Waals surface area contributed by atoms with Crippen LogP contribution in [0.1, 0.15) is 11.4 Å². The van der Waals surface area contributed by atoms with Gasteiger partial charge < -0.3 is 14.6 Å². The summed E-state index contributed by atoms with van der Waals surface area (Å²) >= 11 is 5.85. The summed E-state index contributed by atoms with van der Waals surface area (Å²) < 4.78 is 5.27. The lowest BCUT2D eigenvalue weighted by atomic mass is 10.1. The highest BCUT2D eigenvalue weighted by Crippen LogP contribution is 2.29. The molecule has 0 radical (unpaired) electrons. The minimum absolute atomic E-state index is 0.223. The molecule has 0 atom stereocenters. The molecule has 18 heavy (non-hydrogen) atoms. The van der Waals surface area contributed by atoms with Gasteiger partial charge in [-0.25, -0.2) is 9.97 Å². The van der Waals surface area contributed by atoms with Crippen LogP contribution >= 0.6 is 11.6 Å². The van der Waals surface area contributed by atoms with Crippen LogP contribution in [-0.4, -0.2) is 33.6 Å². The molecule has 1 aliphatic heterocycles. The maximum Gasteiger partial charge on any atom is 0.224 e. The molecule has 0 bridgehead atoms. The zero-order valence-corrected chi connectivity index (χ0v) is 10.6. The van der Waals surface area contributed by atoms with E-state index in [0.29, 0.717) is 5.75 Å². The minimum Gasteiger partial charge on any atom is -0.491 e. The molecule has 1 aliphatic rings. The van der Waals surface area contributed by atoms with E-state index in [9.17, 15) is 0 Å². The molecule has 0 amide bonds. The highest BCUT2D eigenvalue weighted by atomic mass is 35.5. The first-order valence-electron chi connectivity index (χ1n) is 5.60. The van der Waals surface area contributed by atoms with Gasteiger partial charge in [0.15, 0.2) is 11.6 Å². The van der Waals surface area contributed by atoms with Gasteiger partial charge in [0.2, 0.25) is 5.28 Å². The third-order valence-corrected chi connectivity index (χ3v) is 3.18. The zero-order chi connectivity index (χ0) is 12.5. The van der Waals surface area contributed by atoms with Gasteiger partial charge in [0.1, 0.15) is 0 Å². The second-order valence-electron chi connectivity index (χ2n) is 4.03. The molecule has 0 saturated heterocycles. The van der Waals surface area contributed by atoms with Crippen LogP contribution in [0.15, 0.2) is 12.5 Å². The number of nitrogens with zero attached hydrogens (tertiary/aromatic N) is 4. The van der Waals surface area contributed by atoms with Crippen molar-refractivity contribution in [3.05, 3.63) is 29.2 Å². The van der Waals surface area contributed by atoms with Gasteiger partial charge in [-0.2, -0.15) is 4.98 Å². The Morgan fingerprint density at radius 1 is 1.44 bits per heavy atom. The molecule has 7 heteroatoms. The molecule has 0 aliphatic carbocycles. The van der Waals surface area contributed by atoms with Crippen molar-refractivity contribution in [3.63, 3.8) is 0 Å². The van der Waals surface area contributed by atoms with Crippen molar-refractivity contribution in [2.24, 2.45) is 0 Å². The molecule has 0 unspecified atom stereocenters. The van der Waals surface area contributed by atoms with Crippen LogP contribution in [0.4, 0.5) is 5.82 Å². The Labute approximate surface area is 109 Å². The number of fused-ring (bicyclic) bond motifs is 1. The molecule has 94 valence electrons. The number of aromatic nitrogens is 4. The van der Waals surface area contributed by atoms with Gasteiger partial charge in [0.25, 0.3) is 0 Å². The van der Waals surface area contributed by atoms with E-state index in [1.165, 1.54) is 0 Å². The van der Waals surface area contributed by atoms with E-state index in [1.54, 1.807) is 19.6 Å². The Kier molecular flexibility index (Phi) is 2.79. The first-order chi connectivity index (χ1) is 8.78. The minimum atomic E-state index is 0.223. The lowest BCUT2D eigenvalue weighted by molar-refractivity contribution is 0.409. The van der Waals surface area contributed by atoms with Crippen molar-refractivity contribution in [3.8, 4) is 5.75 Å². The van der Waals surface area contributed by atoms with Crippen molar-refractivity contribution < 1.29 is 4.74 Å². The van der Waals surface area contributed by atoms with Crippen molar-refractivity contribution in [1.82, 2.24) is 19.9 Å². The lowest BCUT2D eigenvalue weighted by Gasteiger charge is -2.28. The number of anilines is 1. The fraction of sp³-hybridized carbons (Fsp3) is 0.364. The van der Waals surface area contributed by atoms with E-state index in [-0.39, 0.29) is 5.28 Å². The quantitative estimate of drug-likeness (QED) is 0.832. The van der Waals surface area contributed by atoms with Crippen LogP contribution < -0.4 is 9.64 Å². The fourth-order valence-electron chi connectivity index (χ4n) is 2.10. The van der Waals surface area contributed by atoms with Gasteiger partial charge in [-0.05, 0) is 11.6 Å². The number of methoxy groups -OCH3 is 1. The summed E-state index contributed by atoms with van der Waals surface area (Å²) in [6.07, 6.45) is 4.19. The molecule has 3 heterocycles. The maximum atomic E-state index is 5.85. The Balaban J connectivity index is 1.94. The number of H-pyrrole nitrogens is 1. The van der Waals surface area contributed by atoms with Gasteiger partial charge >= 0.3 is 0 Å². The van der Waals surface area contributed by atoms with Gasteiger partial charge in [0, 0.05) is 13.0 Å². The molecule has 0 spiro atoms. The number of hydrogen-bond acceptors (Lipinski definition) is 5. The summed E-state index contributed by atoms with van der Waals surface area (Å²) in [5.41, 5.74) is 2.23. The van der Waals surface area contributed by atoms with E-state index in [1.807, 2.05) is 0 Å². The summed E-state index contributed by atoms with van der Waals surface area (Å²) in [5, 5.41) is 0.223. The molecular formula is C11H12ClN5O. The van der Waals surface area contributed by atoms with Gasteiger partial charge in [-0.1, -0.05) is 0 Å². The first-order valence-corrected chi connectivity index (χ1v) is 5.98. The molecule has 2 aromatic rings. The second kappa shape index (κ2) is 4.45. The summed E-state index contributed by atoms with van der Waals surface area (Å²) in [6.45, 7) is 1.56. The van der Waals surface area contributed by atoms with E-state index < -0.39 is 0 Å². The average Bonchev–Trinajstić information content (AvgIpc) is 2.85. The van der Waals surface area contributed by atoms with Gasteiger partial charge in [-0.3, -0.25) is 0 Å². The van der Waals surface area contributed by atoms with Crippen molar-refractivity contribution in [2.75, 3.05) is 18.6 Å². The summed E-state index contributed by atoms with van der Waals surface area (Å²) in [5.74, 6) is 1.35. The molecule has 2 aromatic heterocycles. The molecule has 0 aromatic carbocycles. The van der Waals surface area contributed by atoms with Gasteiger partial charge in [0.05, 0.1) is 37.6 Å². The van der Waals surface area contributed by atoms with Crippen LogP contribution in [0, 0.1) is 0 Å². The predicted molar refractivity (Wildman–Crippen MR) is 66.9 cm³/mol. The van der Waals surface area contributed by atoms with Gasteiger partial charge in [-0.15, -0.1) is 0 Å². The van der Waals surface area contributed by atoms with Crippen LogP contribution in [-0.2, 0) is 13.0 Å². The summed E-state index contributed by atoms with van der Waals surface area (Å²) in [6, 6.07) is 0. The standard InChI is InChI=1S/C11H12ClN5O/c1-18-9-4-13-11(12)16-10(9)17-3-2-7-8(5-17)15-6-14-7/h4,6H,2-3,5H2,1H3,(H,14,15). The van der Waals surface area contributed by atoms with E-state index in [4.69, 9.17) is 16.3 Å². The third-order valence-electron chi connectivity index (χ3n) is 3.00. The average molecular weight is 266 g/mol. The highest BCUT2D eigenvalue weighted by molar-refractivity contribution is 6.28. The van der Waals surface area contributed by atoms with E-state index in [2.05, 4.69) is 24.8 Å². The molecule has 3 rings (SSSR count). The Morgan fingerprint density at radius 3 is 3.17 bits per heavy atom. The Hall–Kier alpha value is -1.82. The normalized spacial score (nSPS) is 14.4. The van der Waals surface area contributed by atoms with Crippen LogP contribution in [0.3, 0.4) is 0 Å². The number of hydrogen-bond donors (Lipinski definition) is 1. The number of aromatic amines is 1. The van der Waals surface area contributed by atoms with Crippen molar-refractivity contribution in [2.45, 2.75) is 13.0 Å². The molecule has 6 nitrogen and oxygen atoms in total. The molecule has 0 fully saturated rings. The van der Waals surface area contributed by atoms with E-state index >= 15 is 0 Å². The van der Waals surface area contributed by atoms with Crippen LogP contribution in [0.25, 0.3) is 0 Å². The number of rotatable bonds is 2. The molecular weight excluding hydrogens is 254 g/mol. The summed E-state index contributed by atoms with van der Waals surface area (Å²) in [4.78, 5) is 17.7. The van der Waals surface area contributed by atoms with E-state index in [0.717, 1.165) is 36.7 Å². The molecule has 0 saturated carbocycles. The van der Waals surface area contributed by atoms with Crippen LogP contribution in [0.5, 0.6) is 5.75 Å². The highest BCUT2D eigenvalue weighted by Gasteiger charge is 2.22. The monoisotopic (exact) mass is 265 g/mol. The smallest absolute Gasteiger partial charge is 0.224 e. The summed E-state index contributed by atoms with van der Waals surface area (Å²) in [7, 11) is 1.60. The topological polar surface area (TPSA) is 66.9 Å². The van der Waals surface area contributed by atoms with Crippen molar-refractivity contribution >= 4 is 17.4 Å². The SMILES string of the molecule is COc1cnc(Cl)nc1N1CCc2nc[nH]c2C1. The Morgan fingerprint density at radius 2 is 2.33 bits per heavy atom. The van der Waals surface area contributed by atoms with Crippen LogP contribution in [0.2, 0.25) is 5.28 Å². The number of halogens is 1. The number of imidazole rings is 1.